The number of hydrogen-bond acceptors (Lipinski definition) is 3. The van der Waals surface area contributed by atoms with Crippen molar-refractivity contribution in [3.63, 3.8) is 0 Å². The van der Waals surface area contributed by atoms with Gasteiger partial charge in [-0.15, -0.1) is 0 Å². The maximum Gasteiger partial charge on any atom is 0.150 e. The van der Waals surface area contributed by atoms with Gasteiger partial charge in [-0.25, -0.2) is 8.42 Å². The van der Waals surface area contributed by atoms with Crippen molar-refractivity contribution in [3.8, 4) is 0 Å². The molecule has 0 bridgehead atoms. The van der Waals surface area contributed by atoms with Crippen LogP contribution in [0.4, 0.5) is 0 Å². The van der Waals surface area contributed by atoms with Gasteiger partial charge in [0.25, 0.3) is 0 Å². The van der Waals surface area contributed by atoms with E-state index in [1.165, 1.54) is 6.26 Å². The van der Waals surface area contributed by atoms with Gasteiger partial charge in [0.05, 0.1) is 5.25 Å². The topological polar surface area (TPSA) is 51.2 Å². The summed E-state index contributed by atoms with van der Waals surface area (Å²) < 4.78 is 24.5. The van der Waals surface area contributed by atoms with E-state index < -0.39 is 9.84 Å². The molecule has 3 nitrogen and oxygen atoms in total. The molecule has 1 aromatic carbocycles. The fraction of sp³-hybridized carbons (Fsp3) is 0.588. The number of sulfone groups is 1. The molecule has 0 spiro atoms. The van der Waals surface area contributed by atoms with Gasteiger partial charge >= 0.3 is 0 Å². The van der Waals surface area contributed by atoms with E-state index in [4.69, 9.17) is 0 Å². The highest BCUT2D eigenvalue weighted by Crippen LogP contribution is 2.19. The summed E-state index contributed by atoms with van der Waals surface area (Å²) in [5.74, 6) is 0.511. The predicted molar refractivity (Wildman–Crippen MR) is 94.8 cm³/mol. The molecule has 1 rings (SSSR count). The van der Waals surface area contributed by atoms with Crippen molar-refractivity contribution in [1.82, 2.24) is 0 Å². The van der Waals surface area contributed by atoms with Crippen molar-refractivity contribution in [1.29, 1.82) is 0 Å². The lowest BCUT2D eigenvalue weighted by Crippen LogP contribution is -2.22. The van der Waals surface area contributed by atoms with Gasteiger partial charge in [0.15, 0.2) is 0 Å². The first-order valence-electron chi connectivity index (χ1n) is 7.63. The molecule has 0 N–H and O–H groups in total. The minimum atomic E-state index is -3.04. The molecule has 0 radical (unpaired) electrons. The zero-order chi connectivity index (χ0) is 16.8. The Bertz CT molecular complexity index is 576. The third-order valence-electron chi connectivity index (χ3n) is 3.64. The van der Waals surface area contributed by atoms with Crippen molar-refractivity contribution in [2.75, 3.05) is 6.26 Å². The third-order valence-corrected chi connectivity index (χ3v) is 5.80. The molecule has 0 saturated carbocycles. The predicted octanol–water partition coefficient (Wildman–Crippen LogP) is 4.19. The molecular formula is C17H25BrO3S. The number of hydrogen-bond donors (Lipinski definition) is 0. The maximum atomic E-state index is 12.0. The monoisotopic (exact) mass is 388 g/mol. The van der Waals surface area contributed by atoms with Crippen molar-refractivity contribution >= 4 is 31.6 Å². The molecule has 0 aliphatic carbocycles. The summed E-state index contributed by atoms with van der Waals surface area (Å²) in [4.78, 5) is 12.0. The average molecular weight is 389 g/mol. The lowest BCUT2D eigenvalue weighted by Gasteiger charge is -2.16. The van der Waals surface area contributed by atoms with Crippen LogP contribution in [0.1, 0.15) is 45.1 Å². The highest BCUT2D eigenvalue weighted by molar-refractivity contribution is 9.10. The number of carbonyl (C=O) groups excluding carboxylic acids is 1. The van der Waals surface area contributed by atoms with Crippen LogP contribution in [-0.2, 0) is 21.1 Å². The number of Topliss-reactive ketones (excluding diaryl/α,β-unsaturated/α-hetero) is 1. The molecule has 124 valence electrons. The smallest absolute Gasteiger partial charge is 0.150 e. The Morgan fingerprint density at radius 2 is 1.77 bits per heavy atom. The minimum Gasteiger partial charge on any atom is -0.299 e. The number of rotatable bonds is 9. The second kappa shape index (κ2) is 8.82. The molecule has 0 aliphatic rings. The van der Waals surface area contributed by atoms with Crippen LogP contribution in [0.5, 0.6) is 0 Å². The Kier molecular flexibility index (Phi) is 7.77. The van der Waals surface area contributed by atoms with Gasteiger partial charge in [-0.05, 0) is 42.9 Å². The zero-order valence-corrected chi connectivity index (χ0v) is 15.9. The Hall–Kier alpha value is -0.680. The molecule has 22 heavy (non-hydrogen) atoms. The van der Waals surface area contributed by atoms with E-state index in [1.54, 1.807) is 0 Å². The molecule has 0 fully saturated rings. The number of benzene rings is 1. The molecule has 1 unspecified atom stereocenters. The largest absolute Gasteiger partial charge is 0.299 e. The van der Waals surface area contributed by atoms with Gasteiger partial charge in [0, 0.05) is 23.6 Å². The molecule has 0 saturated heterocycles. The van der Waals surface area contributed by atoms with Gasteiger partial charge in [0.2, 0.25) is 0 Å². The Morgan fingerprint density at radius 3 is 2.27 bits per heavy atom. The van der Waals surface area contributed by atoms with Crippen molar-refractivity contribution < 1.29 is 13.2 Å². The van der Waals surface area contributed by atoms with E-state index in [2.05, 4.69) is 15.9 Å². The van der Waals surface area contributed by atoms with E-state index in [-0.39, 0.29) is 11.0 Å². The SMILES string of the molecule is CC(C)CC(CCCC(=O)Cc1ccc(Br)cc1)S(C)(=O)=O. The summed E-state index contributed by atoms with van der Waals surface area (Å²) >= 11 is 3.37. The number of halogens is 1. The van der Waals surface area contributed by atoms with E-state index in [0.29, 0.717) is 38.0 Å². The van der Waals surface area contributed by atoms with E-state index >= 15 is 0 Å². The highest BCUT2D eigenvalue weighted by atomic mass is 79.9. The molecule has 0 aromatic heterocycles. The molecule has 0 aliphatic heterocycles. The Labute approximate surface area is 142 Å². The van der Waals surface area contributed by atoms with Crippen LogP contribution in [0.25, 0.3) is 0 Å². The van der Waals surface area contributed by atoms with E-state index in [1.807, 2.05) is 38.1 Å². The second-order valence-electron chi connectivity index (χ2n) is 6.32. The summed E-state index contributed by atoms with van der Waals surface area (Å²) in [6, 6.07) is 7.70. The summed E-state index contributed by atoms with van der Waals surface area (Å²) in [5.41, 5.74) is 0.995. The van der Waals surface area contributed by atoms with Crippen LogP contribution in [-0.4, -0.2) is 25.7 Å². The van der Waals surface area contributed by atoms with Crippen LogP contribution in [0.3, 0.4) is 0 Å². The molecule has 1 aromatic rings. The van der Waals surface area contributed by atoms with Crippen LogP contribution in [0, 0.1) is 5.92 Å². The van der Waals surface area contributed by atoms with Gasteiger partial charge in [-0.1, -0.05) is 41.9 Å². The lowest BCUT2D eigenvalue weighted by atomic mass is 10.0. The number of ketones is 1. The summed E-state index contributed by atoms with van der Waals surface area (Å²) in [6.07, 6.45) is 4.04. The van der Waals surface area contributed by atoms with E-state index in [0.717, 1.165) is 10.0 Å². The van der Waals surface area contributed by atoms with Crippen LogP contribution < -0.4 is 0 Å². The van der Waals surface area contributed by atoms with Crippen molar-refractivity contribution in [3.05, 3.63) is 34.3 Å². The van der Waals surface area contributed by atoms with Crippen molar-refractivity contribution in [2.24, 2.45) is 5.92 Å². The Balaban J connectivity index is 2.44. The number of carbonyl (C=O) groups is 1. The molecule has 1 atom stereocenters. The summed E-state index contributed by atoms with van der Waals surface area (Å²) in [5, 5.41) is -0.326. The minimum absolute atomic E-state index is 0.166. The van der Waals surface area contributed by atoms with Gasteiger partial charge in [-0.3, -0.25) is 4.79 Å². The molecule has 0 heterocycles. The summed E-state index contributed by atoms with van der Waals surface area (Å²) in [7, 11) is -3.04. The van der Waals surface area contributed by atoms with E-state index in [9.17, 15) is 13.2 Å². The van der Waals surface area contributed by atoms with Crippen LogP contribution in [0.2, 0.25) is 0 Å². The van der Waals surface area contributed by atoms with Gasteiger partial charge in [-0.2, -0.15) is 0 Å². The first kappa shape index (κ1) is 19.4. The molecule has 0 amide bonds. The molecular weight excluding hydrogens is 364 g/mol. The first-order chi connectivity index (χ1) is 10.2. The normalized spacial score (nSPS) is 13.3. The van der Waals surface area contributed by atoms with Gasteiger partial charge < -0.3 is 0 Å². The standard InChI is InChI=1S/C17H25BrO3S/c1-13(2)11-17(22(3,20)21)6-4-5-16(19)12-14-7-9-15(18)10-8-14/h7-10,13,17H,4-6,11-12H2,1-3H3. The van der Waals surface area contributed by atoms with Crippen molar-refractivity contribution in [2.45, 2.75) is 51.2 Å². The van der Waals surface area contributed by atoms with Gasteiger partial charge in [0.1, 0.15) is 15.6 Å². The highest BCUT2D eigenvalue weighted by Gasteiger charge is 2.21. The Morgan fingerprint density at radius 1 is 1.18 bits per heavy atom. The summed E-state index contributed by atoms with van der Waals surface area (Å²) in [6.45, 7) is 4.05. The fourth-order valence-corrected chi connectivity index (χ4v) is 4.07. The average Bonchev–Trinajstić information content (AvgIpc) is 2.39. The third kappa shape index (κ3) is 7.54. The fourth-order valence-electron chi connectivity index (χ4n) is 2.48. The molecule has 5 heteroatoms. The second-order valence-corrected chi connectivity index (χ2v) is 9.56. The quantitative estimate of drug-likeness (QED) is 0.636. The maximum absolute atomic E-state index is 12.0. The zero-order valence-electron chi connectivity index (χ0n) is 13.5. The van der Waals surface area contributed by atoms with Crippen LogP contribution in [0.15, 0.2) is 28.7 Å². The van der Waals surface area contributed by atoms with Crippen LogP contribution >= 0.6 is 15.9 Å². The first-order valence-corrected chi connectivity index (χ1v) is 10.4. The lowest BCUT2D eigenvalue weighted by molar-refractivity contribution is -0.118.